The molecule has 2 rings (SSSR count). The first kappa shape index (κ1) is 31.7. The number of benzene rings is 2. The van der Waals surface area contributed by atoms with Gasteiger partial charge in [0.05, 0.1) is 6.61 Å². The van der Waals surface area contributed by atoms with Crippen LogP contribution in [-0.2, 0) is 20.7 Å². The summed E-state index contributed by atoms with van der Waals surface area (Å²) in [7, 11) is -5.35. The van der Waals surface area contributed by atoms with Crippen LogP contribution in [0.15, 0.2) is 45.3 Å². The van der Waals surface area contributed by atoms with Gasteiger partial charge in [0.25, 0.3) is 0 Å². The number of hydrogen-bond acceptors (Lipinski definition) is 4. The number of anilines is 1. The van der Waals surface area contributed by atoms with Crippen LogP contribution in [0.5, 0.6) is 0 Å². The molecule has 2 aromatic rings. The summed E-state index contributed by atoms with van der Waals surface area (Å²) in [4.78, 5) is 0. The Morgan fingerprint density at radius 2 is 1.39 bits per heavy atom. The average molecular weight is 631 g/mol. The van der Waals surface area contributed by atoms with E-state index in [1.165, 1.54) is 5.56 Å². The maximum atomic E-state index is 11.9. The molecule has 0 amide bonds. The van der Waals surface area contributed by atoms with E-state index in [9.17, 15) is 34.8 Å². The molecule has 0 aromatic heterocycles. The van der Waals surface area contributed by atoms with E-state index in [4.69, 9.17) is 5.73 Å². The maximum absolute atomic E-state index is 11.9. The summed E-state index contributed by atoms with van der Waals surface area (Å²) in [5, 5.41) is 0. The quantitative estimate of drug-likeness (QED) is 0.165. The lowest BCUT2D eigenvalue weighted by molar-refractivity contribution is -0.134. The molecule has 0 heterocycles. The van der Waals surface area contributed by atoms with Crippen LogP contribution in [-0.4, -0.2) is 26.7 Å². The first-order valence-electron chi connectivity index (χ1n) is 9.18. The third-order valence-corrected chi connectivity index (χ3v) is 6.55. The second kappa shape index (κ2) is 13.5. The third-order valence-electron chi connectivity index (χ3n) is 3.66. The first-order chi connectivity index (χ1) is 14.9. The van der Waals surface area contributed by atoms with Crippen molar-refractivity contribution in [3.8, 4) is 0 Å². The molecule has 33 heavy (non-hydrogen) atoms. The summed E-state index contributed by atoms with van der Waals surface area (Å²) >= 11 is 6.67. The van der Waals surface area contributed by atoms with Crippen molar-refractivity contribution in [1.29, 1.82) is 0 Å². The van der Waals surface area contributed by atoms with Gasteiger partial charge < -0.3 is 5.73 Å². The number of nitrogen functional groups attached to an aromatic ring is 1. The lowest BCUT2D eigenvalue weighted by Gasteiger charge is -2.07. The summed E-state index contributed by atoms with van der Waals surface area (Å²) in [6, 6.07) is 11.0. The number of alkyl halides is 6. The van der Waals surface area contributed by atoms with Gasteiger partial charge in [-0.15, -0.1) is 0 Å². The summed E-state index contributed by atoms with van der Waals surface area (Å²) in [5.74, 6) is 0. The Bertz CT molecular complexity index is 996. The van der Waals surface area contributed by atoms with Gasteiger partial charge in [-0.1, -0.05) is 44.0 Å². The SMILES string of the molecule is CCOS(=O)(=O)C(F)(F)F.Cc1cc(CCC(F)(F)F)ccc1Br.Cc1cc(N)ccc1Br. The molecule has 2 aromatic carbocycles. The minimum atomic E-state index is -5.35. The highest BCUT2D eigenvalue weighted by Crippen LogP contribution is 2.25. The van der Waals surface area contributed by atoms with Gasteiger partial charge in [0.2, 0.25) is 0 Å². The molecule has 0 fully saturated rings. The molecule has 0 bridgehead atoms. The third kappa shape index (κ3) is 13.2. The zero-order chi connectivity index (χ0) is 26.0. The molecular weight excluding hydrogens is 608 g/mol. The maximum Gasteiger partial charge on any atom is 0.523 e. The topological polar surface area (TPSA) is 69.4 Å². The predicted molar refractivity (Wildman–Crippen MR) is 123 cm³/mol. The van der Waals surface area contributed by atoms with E-state index in [0.717, 1.165) is 32.7 Å². The zero-order valence-electron chi connectivity index (χ0n) is 17.8. The molecule has 0 aliphatic rings. The highest BCUT2D eigenvalue weighted by atomic mass is 79.9. The van der Waals surface area contributed by atoms with Crippen molar-refractivity contribution in [2.45, 2.75) is 45.3 Å². The zero-order valence-corrected chi connectivity index (χ0v) is 21.8. The highest BCUT2D eigenvalue weighted by Gasteiger charge is 2.46. The fourth-order valence-corrected chi connectivity index (χ4v) is 2.98. The molecular formula is C20H23Br2F6NO3S. The molecule has 0 spiro atoms. The summed E-state index contributed by atoms with van der Waals surface area (Å²) in [5.41, 5.74) is 3.88. The van der Waals surface area contributed by atoms with Crippen LogP contribution in [0, 0.1) is 13.8 Å². The minimum Gasteiger partial charge on any atom is -0.399 e. The molecule has 0 radical (unpaired) electrons. The number of aryl methyl sites for hydroxylation is 3. The van der Waals surface area contributed by atoms with Gasteiger partial charge in [-0.05, 0) is 68.1 Å². The summed E-state index contributed by atoms with van der Waals surface area (Å²) in [6.07, 6.45) is -4.77. The van der Waals surface area contributed by atoms with Crippen molar-refractivity contribution >= 4 is 47.7 Å². The van der Waals surface area contributed by atoms with E-state index in [1.54, 1.807) is 18.2 Å². The molecule has 0 saturated heterocycles. The van der Waals surface area contributed by atoms with Gasteiger partial charge >= 0.3 is 21.8 Å². The standard InChI is InChI=1S/C10H10BrF3.C7H8BrN.C3H5F3O3S/c1-7-6-8(2-3-9(7)11)4-5-10(12,13)14;1-5-4-6(9)2-3-7(5)8;1-2-9-10(7,8)3(4,5)6/h2-3,6H,4-5H2,1H3;2-4H,9H2,1H3;2H2,1H3. The van der Waals surface area contributed by atoms with E-state index in [2.05, 4.69) is 36.0 Å². The van der Waals surface area contributed by atoms with Crippen LogP contribution < -0.4 is 5.73 Å². The Hall–Kier alpha value is -1.31. The Kier molecular flexibility index (Phi) is 13.0. The largest absolute Gasteiger partial charge is 0.523 e. The van der Waals surface area contributed by atoms with E-state index in [1.807, 2.05) is 32.0 Å². The first-order valence-corrected chi connectivity index (χ1v) is 12.2. The number of halogens is 8. The van der Waals surface area contributed by atoms with E-state index < -0.39 is 34.8 Å². The fourth-order valence-electron chi connectivity index (χ4n) is 2.04. The molecule has 0 unspecified atom stereocenters. The Balaban J connectivity index is 0.000000481. The van der Waals surface area contributed by atoms with E-state index >= 15 is 0 Å². The smallest absolute Gasteiger partial charge is 0.399 e. The summed E-state index contributed by atoms with van der Waals surface area (Å²) in [6.45, 7) is 4.52. The molecule has 0 aliphatic heterocycles. The van der Waals surface area contributed by atoms with Crippen molar-refractivity contribution in [2.24, 2.45) is 0 Å². The Morgan fingerprint density at radius 1 is 0.909 bits per heavy atom. The Labute approximate surface area is 205 Å². The van der Waals surface area contributed by atoms with Crippen molar-refractivity contribution in [3.63, 3.8) is 0 Å². The molecule has 0 aliphatic carbocycles. The van der Waals surface area contributed by atoms with Gasteiger partial charge in [-0.2, -0.15) is 34.8 Å². The molecule has 2 N–H and O–H groups in total. The van der Waals surface area contributed by atoms with Gasteiger partial charge in [0.15, 0.2) is 0 Å². The van der Waals surface area contributed by atoms with Crippen LogP contribution in [0.1, 0.15) is 30.0 Å². The monoisotopic (exact) mass is 629 g/mol. The second-order valence-electron chi connectivity index (χ2n) is 6.51. The van der Waals surface area contributed by atoms with E-state index in [0.29, 0.717) is 0 Å². The van der Waals surface area contributed by atoms with Crippen molar-refractivity contribution in [3.05, 3.63) is 62.0 Å². The highest BCUT2D eigenvalue weighted by molar-refractivity contribution is 9.10. The van der Waals surface area contributed by atoms with Gasteiger partial charge in [0, 0.05) is 21.1 Å². The predicted octanol–water partition coefficient (Wildman–Crippen LogP) is 7.46. The van der Waals surface area contributed by atoms with Crippen molar-refractivity contribution < 1.29 is 38.9 Å². The summed E-state index contributed by atoms with van der Waals surface area (Å²) < 4.78 is 94.9. The van der Waals surface area contributed by atoms with Gasteiger partial charge in [-0.3, -0.25) is 4.18 Å². The van der Waals surface area contributed by atoms with E-state index in [-0.39, 0.29) is 6.42 Å². The number of rotatable bonds is 4. The van der Waals surface area contributed by atoms with Crippen LogP contribution in [0.3, 0.4) is 0 Å². The van der Waals surface area contributed by atoms with Crippen LogP contribution in [0.2, 0.25) is 0 Å². The molecule has 188 valence electrons. The second-order valence-corrected chi connectivity index (χ2v) is 9.83. The Morgan fingerprint density at radius 3 is 1.73 bits per heavy atom. The van der Waals surface area contributed by atoms with Crippen molar-refractivity contribution in [1.82, 2.24) is 0 Å². The normalized spacial score (nSPS) is 11.7. The fraction of sp³-hybridized carbons (Fsp3) is 0.400. The van der Waals surface area contributed by atoms with Gasteiger partial charge in [0.1, 0.15) is 0 Å². The molecule has 0 saturated carbocycles. The molecule has 0 atom stereocenters. The minimum absolute atomic E-state index is 0.0532. The van der Waals surface area contributed by atoms with Crippen molar-refractivity contribution in [2.75, 3.05) is 12.3 Å². The molecule has 13 heteroatoms. The number of nitrogens with two attached hydrogens (primary N) is 1. The average Bonchev–Trinajstić information content (AvgIpc) is 2.65. The van der Waals surface area contributed by atoms with Crippen LogP contribution >= 0.6 is 31.9 Å². The lowest BCUT2D eigenvalue weighted by atomic mass is 10.1. The van der Waals surface area contributed by atoms with Crippen LogP contribution in [0.25, 0.3) is 0 Å². The molecule has 4 nitrogen and oxygen atoms in total. The number of hydrogen-bond donors (Lipinski definition) is 1. The van der Waals surface area contributed by atoms with Gasteiger partial charge in [-0.25, -0.2) is 0 Å². The van der Waals surface area contributed by atoms with Crippen LogP contribution in [0.4, 0.5) is 32.0 Å². The lowest BCUT2D eigenvalue weighted by Crippen LogP contribution is -2.25.